The molecule has 0 aliphatic heterocycles. The molecule has 0 aliphatic rings. The Morgan fingerprint density at radius 3 is 2.51 bits per heavy atom. The lowest BCUT2D eigenvalue weighted by atomic mass is 10.1. The molecule has 35 heavy (non-hydrogen) atoms. The number of ether oxygens (including phenoxy) is 1. The Labute approximate surface area is 207 Å². The molecule has 9 heteroatoms. The second-order valence-corrected chi connectivity index (χ2v) is 8.31. The molecular formula is C26H23N5O3S. The molecular weight excluding hydrogens is 462 g/mol. The number of para-hydroxylation sites is 1. The predicted molar refractivity (Wildman–Crippen MR) is 135 cm³/mol. The number of carbonyl (C=O) groups is 2. The molecule has 0 unspecified atom stereocenters. The summed E-state index contributed by atoms with van der Waals surface area (Å²) in [7, 11) is 0. The predicted octanol–water partition coefficient (Wildman–Crippen LogP) is 4.78. The van der Waals surface area contributed by atoms with E-state index in [1.165, 1.54) is 17.8 Å². The summed E-state index contributed by atoms with van der Waals surface area (Å²) in [5, 5.41) is 15.0. The molecule has 4 rings (SSSR count). The summed E-state index contributed by atoms with van der Waals surface area (Å²) in [5.74, 6) is 0.568. The van der Waals surface area contributed by atoms with E-state index in [2.05, 4.69) is 20.8 Å². The van der Waals surface area contributed by atoms with E-state index in [4.69, 9.17) is 4.74 Å². The quantitative estimate of drug-likeness (QED) is 0.207. The van der Waals surface area contributed by atoms with Gasteiger partial charge < -0.3 is 10.1 Å². The third-order valence-electron chi connectivity index (χ3n) is 4.89. The van der Waals surface area contributed by atoms with E-state index in [-0.39, 0.29) is 5.91 Å². The van der Waals surface area contributed by atoms with Gasteiger partial charge >= 0.3 is 5.97 Å². The Hall–Kier alpha value is -4.24. The minimum atomic E-state index is -0.392. The van der Waals surface area contributed by atoms with Crippen molar-refractivity contribution in [2.24, 2.45) is 0 Å². The fourth-order valence-electron chi connectivity index (χ4n) is 3.22. The van der Waals surface area contributed by atoms with Gasteiger partial charge in [-0.1, -0.05) is 42.5 Å². The Balaban J connectivity index is 1.42. The van der Waals surface area contributed by atoms with Crippen molar-refractivity contribution in [2.75, 3.05) is 11.9 Å². The average Bonchev–Trinajstić information content (AvgIpc) is 3.37. The molecule has 0 radical (unpaired) electrons. The Bertz CT molecular complexity index is 1320. The highest BCUT2D eigenvalue weighted by atomic mass is 32.2. The van der Waals surface area contributed by atoms with Crippen molar-refractivity contribution in [1.29, 1.82) is 0 Å². The number of nitrogens with zero attached hydrogens (tertiary/aromatic N) is 4. The van der Waals surface area contributed by atoms with Crippen molar-refractivity contribution in [2.45, 2.75) is 17.6 Å². The number of aromatic nitrogens is 4. The topological polar surface area (TPSA) is 99.0 Å². The van der Waals surface area contributed by atoms with Crippen molar-refractivity contribution < 1.29 is 14.3 Å². The smallest absolute Gasteiger partial charge is 0.330 e. The fourth-order valence-corrected chi connectivity index (χ4v) is 4.17. The van der Waals surface area contributed by atoms with E-state index in [1.54, 1.807) is 35.9 Å². The first kappa shape index (κ1) is 23.9. The van der Waals surface area contributed by atoms with Crippen LogP contribution >= 0.6 is 11.8 Å². The van der Waals surface area contributed by atoms with E-state index in [1.807, 2.05) is 60.7 Å². The standard InChI is InChI=1S/C26H23N5O3S/c1-2-34-25(32)17-14-19-12-15-20(16-13-19)27-26(33)22-10-6-7-11-23(22)35-18-24-28-29-30-31(24)21-8-4-3-5-9-21/h3-17H,2,18H2,1H3,(H,27,33)/b17-14+. The van der Waals surface area contributed by atoms with Crippen LogP contribution in [0.25, 0.3) is 11.8 Å². The van der Waals surface area contributed by atoms with Crippen molar-refractivity contribution in [3.8, 4) is 5.69 Å². The summed E-state index contributed by atoms with van der Waals surface area (Å²) in [6, 6.07) is 24.3. The van der Waals surface area contributed by atoms with Crippen molar-refractivity contribution in [1.82, 2.24) is 20.2 Å². The van der Waals surface area contributed by atoms with E-state index in [0.717, 1.165) is 16.1 Å². The summed E-state index contributed by atoms with van der Waals surface area (Å²) in [5.41, 5.74) is 2.90. The molecule has 0 saturated carbocycles. The van der Waals surface area contributed by atoms with Crippen LogP contribution < -0.4 is 5.32 Å². The molecule has 1 heterocycles. The minimum absolute atomic E-state index is 0.217. The molecule has 4 aromatic rings. The van der Waals surface area contributed by atoms with Crippen molar-refractivity contribution >= 4 is 35.4 Å². The molecule has 1 aromatic heterocycles. The van der Waals surface area contributed by atoms with Crippen LogP contribution in [0.15, 0.2) is 89.8 Å². The number of amides is 1. The average molecular weight is 486 g/mol. The number of esters is 1. The number of nitrogens with one attached hydrogen (secondary N) is 1. The lowest BCUT2D eigenvalue weighted by molar-refractivity contribution is -0.137. The van der Waals surface area contributed by atoms with Crippen LogP contribution in [0.5, 0.6) is 0 Å². The summed E-state index contributed by atoms with van der Waals surface area (Å²) < 4.78 is 6.56. The number of carbonyl (C=O) groups excluding carboxylic acids is 2. The summed E-state index contributed by atoms with van der Waals surface area (Å²) in [6.07, 6.45) is 3.04. The highest BCUT2D eigenvalue weighted by Crippen LogP contribution is 2.27. The second kappa shape index (κ2) is 11.8. The molecule has 176 valence electrons. The zero-order valence-electron chi connectivity index (χ0n) is 19.0. The molecule has 0 aliphatic carbocycles. The van der Waals surface area contributed by atoms with Gasteiger partial charge in [0.1, 0.15) is 0 Å². The van der Waals surface area contributed by atoms with Crippen LogP contribution in [0.1, 0.15) is 28.7 Å². The highest BCUT2D eigenvalue weighted by molar-refractivity contribution is 7.98. The van der Waals surface area contributed by atoms with Gasteiger partial charge in [-0.05, 0) is 65.4 Å². The zero-order valence-corrected chi connectivity index (χ0v) is 19.8. The van der Waals surface area contributed by atoms with Crippen molar-refractivity contribution in [3.63, 3.8) is 0 Å². The third-order valence-corrected chi connectivity index (χ3v) is 5.96. The van der Waals surface area contributed by atoms with E-state index in [9.17, 15) is 9.59 Å². The Morgan fingerprint density at radius 1 is 1.00 bits per heavy atom. The van der Waals surface area contributed by atoms with E-state index >= 15 is 0 Å². The number of thioether (sulfide) groups is 1. The van der Waals surface area contributed by atoms with Crippen LogP contribution in [-0.2, 0) is 15.3 Å². The molecule has 8 nitrogen and oxygen atoms in total. The number of benzene rings is 3. The maximum atomic E-state index is 13.0. The summed E-state index contributed by atoms with van der Waals surface area (Å²) in [4.78, 5) is 25.3. The van der Waals surface area contributed by atoms with Crippen LogP contribution in [0, 0.1) is 0 Å². The normalized spacial score (nSPS) is 10.9. The molecule has 3 aromatic carbocycles. The molecule has 0 spiro atoms. The largest absolute Gasteiger partial charge is 0.463 e. The first-order valence-electron chi connectivity index (χ1n) is 10.9. The summed E-state index contributed by atoms with van der Waals surface area (Å²) >= 11 is 1.49. The van der Waals surface area contributed by atoms with Gasteiger partial charge in [-0.3, -0.25) is 4.79 Å². The Morgan fingerprint density at radius 2 is 1.74 bits per heavy atom. The van der Waals surface area contributed by atoms with E-state index in [0.29, 0.717) is 29.4 Å². The third kappa shape index (κ3) is 6.42. The first-order chi connectivity index (χ1) is 17.1. The van der Waals surface area contributed by atoms with Gasteiger partial charge in [0.2, 0.25) is 0 Å². The maximum Gasteiger partial charge on any atom is 0.330 e. The van der Waals surface area contributed by atoms with Gasteiger partial charge in [0.25, 0.3) is 5.91 Å². The fraction of sp³-hybridized carbons (Fsp3) is 0.115. The van der Waals surface area contributed by atoms with Gasteiger partial charge in [-0.2, -0.15) is 4.68 Å². The number of rotatable bonds is 9. The molecule has 0 bridgehead atoms. The minimum Gasteiger partial charge on any atom is -0.463 e. The SMILES string of the molecule is CCOC(=O)/C=C/c1ccc(NC(=O)c2ccccc2SCc2nnnn2-c2ccccc2)cc1. The molecule has 0 saturated heterocycles. The number of anilines is 1. The van der Waals surface area contributed by atoms with Gasteiger partial charge in [0.05, 0.1) is 23.6 Å². The molecule has 1 N–H and O–H groups in total. The first-order valence-corrected chi connectivity index (χ1v) is 11.9. The molecule has 0 atom stereocenters. The molecule has 1 amide bonds. The van der Waals surface area contributed by atoms with Crippen LogP contribution in [0.3, 0.4) is 0 Å². The van der Waals surface area contributed by atoms with E-state index < -0.39 is 5.97 Å². The van der Waals surface area contributed by atoms with Gasteiger partial charge in [-0.25, -0.2) is 4.79 Å². The highest BCUT2D eigenvalue weighted by Gasteiger charge is 2.14. The number of hydrogen-bond donors (Lipinski definition) is 1. The van der Waals surface area contributed by atoms with Crippen molar-refractivity contribution in [3.05, 3.63) is 102 Å². The van der Waals surface area contributed by atoms with Gasteiger partial charge in [-0.15, -0.1) is 16.9 Å². The monoisotopic (exact) mass is 485 g/mol. The lowest BCUT2D eigenvalue weighted by Crippen LogP contribution is -2.13. The van der Waals surface area contributed by atoms with Crippen LogP contribution in [0.4, 0.5) is 5.69 Å². The lowest BCUT2D eigenvalue weighted by Gasteiger charge is -2.10. The van der Waals surface area contributed by atoms with Crippen LogP contribution in [0.2, 0.25) is 0 Å². The van der Waals surface area contributed by atoms with Gasteiger partial charge in [0, 0.05) is 16.7 Å². The summed E-state index contributed by atoms with van der Waals surface area (Å²) in [6.45, 7) is 2.09. The maximum absolute atomic E-state index is 13.0. The van der Waals surface area contributed by atoms with Gasteiger partial charge in [0.15, 0.2) is 5.82 Å². The Kier molecular flexibility index (Phi) is 8.03. The zero-order chi connectivity index (χ0) is 24.5. The number of hydrogen-bond acceptors (Lipinski definition) is 7. The molecule has 0 fully saturated rings. The van der Waals surface area contributed by atoms with Crippen LogP contribution in [-0.4, -0.2) is 38.7 Å². The number of tetrazole rings is 1. The second-order valence-electron chi connectivity index (χ2n) is 7.29.